The van der Waals surface area contributed by atoms with Crippen LogP contribution in [0.1, 0.15) is 65.5 Å². The minimum absolute atomic E-state index is 0.139. The lowest BCUT2D eigenvalue weighted by atomic mass is 10.1. The maximum absolute atomic E-state index is 13.5. The number of aryl methyl sites for hydroxylation is 2. The maximum atomic E-state index is 13.5. The van der Waals surface area contributed by atoms with Crippen molar-refractivity contribution in [3.8, 4) is 34.8 Å². The molecule has 378 valence electrons. The molecule has 4 heterocycles. The fourth-order valence-corrected chi connectivity index (χ4v) is 7.25. The van der Waals surface area contributed by atoms with E-state index in [1.165, 1.54) is 19.8 Å². The maximum Gasteiger partial charge on any atom is 0.332 e. The van der Waals surface area contributed by atoms with Crippen LogP contribution in [-0.4, -0.2) is 68.4 Å². The van der Waals surface area contributed by atoms with Crippen molar-refractivity contribution in [2.75, 3.05) is 35.0 Å². The molecule has 8 rings (SSSR count). The Labute approximate surface area is 425 Å². The molecule has 4 aromatic carbocycles. The van der Waals surface area contributed by atoms with Crippen LogP contribution in [0.3, 0.4) is 0 Å². The van der Waals surface area contributed by atoms with E-state index < -0.39 is 11.2 Å². The molecule has 4 aromatic heterocycles. The molecule has 0 amide bonds. The van der Waals surface area contributed by atoms with E-state index in [4.69, 9.17) is 24.1 Å². The van der Waals surface area contributed by atoms with Gasteiger partial charge in [0.25, 0.3) is 11.1 Å². The fraction of sp³-hybridized carbons (Fsp3) is 0.241. The second kappa shape index (κ2) is 28.8. The average Bonchev–Trinajstić information content (AvgIpc) is 3.43. The molecule has 0 bridgehead atoms. The van der Waals surface area contributed by atoms with Gasteiger partial charge < -0.3 is 24.1 Å². The van der Waals surface area contributed by atoms with Gasteiger partial charge in [-0.2, -0.15) is 0 Å². The third-order valence-corrected chi connectivity index (χ3v) is 11.0. The van der Waals surface area contributed by atoms with Gasteiger partial charge in [0.05, 0.1) is 54.6 Å². The molecule has 0 aliphatic heterocycles. The number of aliphatic hydroxyl groups excluding tert-OH is 1. The summed E-state index contributed by atoms with van der Waals surface area (Å²) in [6.45, 7) is 6.87. The Bertz CT molecular complexity index is 3250. The van der Waals surface area contributed by atoms with Crippen LogP contribution in [0.2, 0.25) is 0 Å². The van der Waals surface area contributed by atoms with Crippen molar-refractivity contribution in [2.24, 2.45) is 0 Å². The zero-order chi connectivity index (χ0) is 52.5. The van der Waals surface area contributed by atoms with Gasteiger partial charge in [0.2, 0.25) is 0 Å². The number of ether oxygens (including phenoxy) is 4. The molecule has 0 spiro atoms. The lowest BCUT2D eigenvalue weighted by molar-refractivity contribution is 0.318. The Morgan fingerprint density at radius 2 is 0.849 bits per heavy atom. The number of hydrogen-bond acceptors (Lipinski definition) is 11. The Kier molecular flexibility index (Phi) is 21.8. The van der Waals surface area contributed by atoms with Crippen molar-refractivity contribution in [1.82, 2.24) is 28.2 Å². The number of rotatable bonds is 15. The van der Waals surface area contributed by atoms with E-state index in [2.05, 4.69) is 21.8 Å². The summed E-state index contributed by atoms with van der Waals surface area (Å²) in [7, 11) is 6.40. The molecular weight excluding hydrogens is 925 g/mol. The molecular formula is C58H62N6O9. The van der Waals surface area contributed by atoms with E-state index in [0.29, 0.717) is 42.1 Å². The summed E-state index contributed by atoms with van der Waals surface area (Å²) in [6.07, 6.45) is 8.04. The van der Waals surface area contributed by atoms with E-state index in [9.17, 15) is 19.2 Å². The molecule has 0 saturated carbocycles. The lowest BCUT2D eigenvalue weighted by Gasteiger charge is -2.16. The second-order valence-corrected chi connectivity index (χ2v) is 15.8. The molecule has 15 nitrogen and oxygen atoms in total. The van der Waals surface area contributed by atoms with E-state index in [1.807, 2.05) is 117 Å². The van der Waals surface area contributed by atoms with Crippen LogP contribution < -0.4 is 41.4 Å². The largest absolute Gasteiger partial charge is 0.497 e. The van der Waals surface area contributed by atoms with Gasteiger partial charge in [0.15, 0.2) is 0 Å². The Balaban J connectivity index is 0.000000249. The molecule has 0 radical (unpaired) electrons. The first kappa shape index (κ1) is 55.2. The molecule has 0 aliphatic rings. The van der Waals surface area contributed by atoms with Gasteiger partial charge in [-0.15, -0.1) is 0 Å². The molecule has 0 saturated heterocycles. The first-order valence-electron chi connectivity index (χ1n) is 23.7. The highest BCUT2D eigenvalue weighted by Crippen LogP contribution is 2.16. The minimum atomic E-state index is -0.436. The van der Waals surface area contributed by atoms with Gasteiger partial charge >= 0.3 is 11.4 Å². The predicted octanol–water partition coefficient (Wildman–Crippen LogP) is 7.25. The van der Waals surface area contributed by atoms with Crippen molar-refractivity contribution in [1.29, 1.82) is 0 Å². The Hall–Kier alpha value is -8.74. The zero-order valence-electron chi connectivity index (χ0n) is 42.4. The van der Waals surface area contributed by atoms with E-state index in [-0.39, 0.29) is 37.5 Å². The smallest absolute Gasteiger partial charge is 0.332 e. The number of aliphatic hydroxyl groups is 1. The van der Waals surface area contributed by atoms with Gasteiger partial charge in [-0.05, 0) is 120 Å². The van der Waals surface area contributed by atoms with Gasteiger partial charge in [-0.1, -0.05) is 74.4 Å². The second-order valence-electron chi connectivity index (χ2n) is 15.8. The highest BCUT2D eigenvalue weighted by molar-refractivity contribution is 5.39. The van der Waals surface area contributed by atoms with Crippen LogP contribution in [-0.2, 0) is 39.0 Å². The average molecular weight is 987 g/mol. The number of hydrogen-bond donors (Lipinski definition) is 1. The van der Waals surface area contributed by atoms with Crippen LogP contribution >= 0.6 is 0 Å². The third-order valence-electron chi connectivity index (χ3n) is 11.0. The van der Waals surface area contributed by atoms with Crippen molar-refractivity contribution in [3.63, 3.8) is 0 Å². The summed E-state index contributed by atoms with van der Waals surface area (Å²) in [6, 6.07) is 40.0. The van der Waals surface area contributed by atoms with Gasteiger partial charge in [0, 0.05) is 54.8 Å². The van der Waals surface area contributed by atoms with E-state index in [1.54, 1.807) is 89.0 Å². The summed E-state index contributed by atoms with van der Waals surface area (Å²) < 4.78 is 26.5. The Morgan fingerprint density at radius 1 is 0.466 bits per heavy atom. The predicted molar refractivity (Wildman–Crippen MR) is 284 cm³/mol. The fourth-order valence-electron chi connectivity index (χ4n) is 7.25. The van der Waals surface area contributed by atoms with Crippen molar-refractivity contribution in [3.05, 3.63) is 245 Å². The molecule has 0 aliphatic carbocycles. The number of aromatic nitrogens is 6. The number of benzene rings is 4. The van der Waals surface area contributed by atoms with Crippen molar-refractivity contribution >= 4 is 0 Å². The topological polar surface area (TPSA) is 171 Å². The highest BCUT2D eigenvalue weighted by Gasteiger charge is 2.15. The first-order valence-corrected chi connectivity index (χ1v) is 23.7. The molecule has 8 aromatic rings. The third kappa shape index (κ3) is 16.1. The summed E-state index contributed by atoms with van der Waals surface area (Å²) in [5, 5.41) is 7.57. The number of methoxy groups -OCH3 is 4. The van der Waals surface area contributed by atoms with Crippen molar-refractivity contribution in [2.45, 2.75) is 59.8 Å². The van der Waals surface area contributed by atoms with E-state index in [0.717, 1.165) is 45.1 Å². The van der Waals surface area contributed by atoms with Crippen molar-refractivity contribution < 1.29 is 24.1 Å². The van der Waals surface area contributed by atoms with Gasteiger partial charge in [0.1, 0.15) is 28.7 Å². The molecule has 0 unspecified atom stereocenters. The van der Waals surface area contributed by atoms with E-state index >= 15 is 0 Å². The molecule has 1 N–H and O–H groups in total. The highest BCUT2D eigenvalue weighted by atomic mass is 16.5. The minimum Gasteiger partial charge on any atom is -0.497 e. The summed E-state index contributed by atoms with van der Waals surface area (Å²) in [5.41, 5.74) is 4.75. The standard InChI is InChI=1S/C27H27N3O4.C27H23N3O4.C2H6O.C2H6/c2*1-33-24-11-6-21(7-12-24)18-29-23(10-5-20-4-3-15-28-17-20)16-26(31)30(27(29)32)19-22-8-13-25(34-2)14-9-22;1-2-3;1-2/h3-4,6-9,11-17H,5,10,18-19H2,1-2H3;3-4,6-9,11-17H,18-19H2,1-2H3;3H,2H2,1H3;1-2H3. The van der Waals surface area contributed by atoms with Gasteiger partial charge in [-0.3, -0.25) is 37.8 Å². The Morgan fingerprint density at radius 3 is 1.25 bits per heavy atom. The lowest BCUT2D eigenvalue weighted by Crippen LogP contribution is -2.41. The molecule has 0 fully saturated rings. The summed E-state index contributed by atoms with van der Waals surface area (Å²) in [4.78, 5) is 61.1. The zero-order valence-corrected chi connectivity index (χ0v) is 42.4. The van der Waals surface area contributed by atoms with Crippen LogP contribution in [0.4, 0.5) is 0 Å². The summed E-state index contributed by atoms with van der Waals surface area (Å²) in [5.74, 6) is 8.86. The van der Waals surface area contributed by atoms with Crippen LogP contribution in [0.25, 0.3) is 0 Å². The number of nitrogens with zero attached hydrogens (tertiary/aromatic N) is 6. The molecule has 73 heavy (non-hydrogen) atoms. The molecule has 15 heteroatoms. The van der Waals surface area contributed by atoms with Crippen LogP contribution in [0.15, 0.2) is 177 Å². The molecule has 0 atom stereocenters. The SMILES string of the molecule is CC.CCO.COc1ccc(Cn2c(C#Cc3cccnc3)cc(=O)n(Cc3ccc(OC)cc3)c2=O)cc1.COc1ccc(Cn2c(CCc3cccnc3)cc(=O)n(Cc3ccc(OC)cc3)c2=O)cc1. The summed E-state index contributed by atoms with van der Waals surface area (Å²) >= 11 is 0. The monoisotopic (exact) mass is 986 g/mol. The van der Waals surface area contributed by atoms with Gasteiger partial charge in [-0.25, -0.2) is 9.59 Å². The first-order chi connectivity index (χ1) is 35.5. The normalized spacial score (nSPS) is 10.1. The van der Waals surface area contributed by atoms with Crippen LogP contribution in [0.5, 0.6) is 23.0 Å². The van der Waals surface area contributed by atoms with Crippen LogP contribution in [0, 0.1) is 11.8 Å². The quantitative estimate of drug-likeness (QED) is 0.103. The number of pyridine rings is 2.